The molecular formula is C20H23N5O4. The van der Waals surface area contributed by atoms with E-state index in [9.17, 15) is 14.4 Å². The van der Waals surface area contributed by atoms with E-state index in [0.29, 0.717) is 44.9 Å². The third kappa shape index (κ3) is 5.28. The molecule has 3 rings (SSSR count). The summed E-state index contributed by atoms with van der Waals surface area (Å²) in [5, 5.41) is 2.81. The lowest BCUT2D eigenvalue weighted by Gasteiger charge is -2.33. The van der Waals surface area contributed by atoms with E-state index >= 15 is 0 Å². The Morgan fingerprint density at radius 2 is 1.72 bits per heavy atom. The molecule has 1 saturated heterocycles. The van der Waals surface area contributed by atoms with Crippen molar-refractivity contribution in [1.29, 1.82) is 0 Å². The monoisotopic (exact) mass is 397 g/mol. The summed E-state index contributed by atoms with van der Waals surface area (Å²) < 4.78 is 4.98. The highest BCUT2D eigenvalue weighted by Crippen LogP contribution is 2.10. The number of hydrogen-bond acceptors (Lipinski definition) is 6. The summed E-state index contributed by atoms with van der Waals surface area (Å²) >= 11 is 0. The average Bonchev–Trinajstić information content (AvgIpc) is 2.78. The minimum absolute atomic E-state index is 0.200. The molecule has 152 valence electrons. The van der Waals surface area contributed by atoms with Crippen molar-refractivity contribution in [2.75, 3.05) is 32.8 Å². The molecule has 0 bridgehead atoms. The fourth-order valence-electron chi connectivity index (χ4n) is 2.94. The maximum absolute atomic E-state index is 12.7. The fourth-order valence-corrected chi connectivity index (χ4v) is 2.94. The molecule has 0 atom stereocenters. The van der Waals surface area contributed by atoms with Crippen LogP contribution in [0.4, 0.5) is 4.79 Å². The zero-order valence-corrected chi connectivity index (χ0v) is 16.2. The highest BCUT2D eigenvalue weighted by molar-refractivity contribution is 5.98. The number of nitrogens with zero attached hydrogens (tertiary/aromatic N) is 4. The first kappa shape index (κ1) is 20.2. The summed E-state index contributed by atoms with van der Waals surface area (Å²) in [6, 6.07) is 6.69. The molecule has 29 heavy (non-hydrogen) atoms. The van der Waals surface area contributed by atoms with Gasteiger partial charge in [-0.3, -0.25) is 19.6 Å². The standard InChI is InChI=1S/C20H23N5O4/c1-2-29-20(28)25-11-9-24(10-12-25)19(27)17-13-16(5-8-22-17)18(26)23-14-15-3-6-21-7-4-15/h3-8,13H,2,9-12,14H2,1H3,(H,23,26). The Morgan fingerprint density at radius 3 is 2.41 bits per heavy atom. The van der Waals surface area contributed by atoms with Crippen LogP contribution in [0.3, 0.4) is 0 Å². The largest absolute Gasteiger partial charge is 0.450 e. The highest BCUT2D eigenvalue weighted by atomic mass is 16.6. The van der Waals surface area contributed by atoms with Crippen LogP contribution in [0.15, 0.2) is 42.9 Å². The summed E-state index contributed by atoms with van der Waals surface area (Å²) in [7, 11) is 0. The number of carbonyl (C=O) groups excluding carboxylic acids is 3. The number of rotatable bonds is 5. The number of pyridine rings is 2. The maximum atomic E-state index is 12.7. The van der Waals surface area contributed by atoms with Gasteiger partial charge < -0.3 is 19.9 Å². The number of ether oxygens (including phenoxy) is 1. The van der Waals surface area contributed by atoms with Gasteiger partial charge >= 0.3 is 6.09 Å². The van der Waals surface area contributed by atoms with Crippen molar-refractivity contribution >= 4 is 17.9 Å². The number of piperazine rings is 1. The molecule has 2 aromatic rings. The van der Waals surface area contributed by atoms with Crippen molar-refractivity contribution in [2.24, 2.45) is 0 Å². The van der Waals surface area contributed by atoms with Crippen LogP contribution in [0.2, 0.25) is 0 Å². The van der Waals surface area contributed by atoms with Gasteiger partial charge in [-0.15, -0.1) is 0 Å². The van der Waals surface area contributed by atoms with Crippen molar-refractivity contribution in [3.05, 3.63) is 59.7 Å². The minimum atomic E-state index is -0.370. The van der Waals surface area contributed by atoms with Gasteiger partial charge in [-0.2, -0.15) is 0 Å². The van der Waals surface area contributed by atoms with Gasteiger partial charge in [0.25, 0.3) is 11.8 Å². The Kier molecular flexibility index (Phi) is 6.72. The predicted octanol–water partition coefficient (Wildman–Crippen LogP) is 1.32. The van der Waals surface area contributed by atoms with Crippen LogP contribution in [-0.2, 0) is 11.3 Å². The number of nitrogens with one attached hydrogen (secondary N) is 1. The van der Waals surface area contributed by atoms with E-state index in [4.69, 9.17) is 4.74 Å². The molecule has 0 radical (unpaired) electrons. The van der Waals surface area contributed by atoms with E-state index in [0.717, 1.165) is 5.56 Å². The summed E-state index contributed by atoms with van der Waals surface area (Å²) in [4.78, 5) is 48.2. The van der Waals surface area contributed by atoms with Crippen molar-refractivity contribution < 1.29 is 19.1 Å². The van der Waals surface area contributed by atoms with Gasteiger partial charge in [-0.05, 0) is 36.8 Å². The quantitative estimate of drug-likeness (QED) is 0.816. The first-order valence-electron chi connectivity index (χ1n) is 9.42. The Morgan fingerprint density at radius 1 is 1.03 bits per heavy atom. The molecule has 0 aliphatic carbocycles. The molecule has 0 spiro atoms. The fraction of sp³-hybridized carbons (Fsp3) is 0.350. The van der Waals surface area contributed by atoms with E-state index in [-0.39, 0.29) is 23.6 Å². The molecule has 1 aliphatic heterocycles. The lowest BCUT2D eigenvalue weighted by atomic mass is 10.2. The zero-order valence-electron chi connectivity index (χ0n) is 16.2. The van der Waals surface area contributed by atoms with Gasteiger partial charge in [0, 0.05) is 56.9 Å². The first-order chi connectivity index (χ1) is 14.1. The predicted molar refractivity (Wildman–Crippen MR) is 104 cm³/mol. The second kappa shape index (κ2) is 9.63. The molecule has 1 fully saturated rings. The van der Waals surface area contributed by atoms with Gasteiger partial charge in [-0.25, -0.2) is 4.79 Å². The summed E-state index contributed by atoms with van der Waals surface area (Å²) in [6.07, 6.45) is 4.40. The third-order valence-corrected chi connectivity index (χ3v) is 4.54. The molecule has 9 nitrogen and oxygen atoms in total. The number of aromatic nitrogens is 2. The molecule has 0 aromatic carbocycles. The van der Waals surface area contributed by atoms with Gasteiger partial charge in [-0.1, -0.05) is 0 Å². The van der Waals surface area contributed by atoms with Crippen LogP contribution in [0.5, 0.6) is 0 Å². The van der Waals surface area contributed by atoms with Crippen LogP contribution in [0.25, 0.3) is 0 Å². The van der Waals surface area contributed by atoms with Crippen LogP contribution < -0.4 is 5.32 Å². The summed E-state index contributed by atoms with van der Waals surface area (Å²) in [5.74, 6) is -0.553. The van der Waals surface area contributed by atoms with Crippen molar-refractivity contribution in [3.63, 3.8) is 0 Å². The van der Waals surface area contributed by atoms with E-state index in [1.54, 1.807) is 35.2 Å². The van der Waals surface area contributed by atoms with Gasteiger partial charge in [0.2, 0.25) is 0 Å². The Hall–Kier alpha value is -3.49. The number of carbonyl (C=O) groups is 3. The van der Waals surface area contributed by atoms with E-state index in [2.05, 4.69) is 15.3 Å². The molecule has 9 heteroatoms. The minimum Gasteiger partial charge on any atom is -0.450 e. The maximum Gasteiger partial charge on any atom is 0.409 e. The van der Waals surface area contributed by atoms with Gasteiger partial charge in [0.1, 0.15) is 5.69 Å². The second-order valence-electron chi connectivity index (χ2n) is 6.45. The molecule has 1 aliphatic rings. The smallest absolute Gasteiger partial charge is 0.409 e. The van der Waals surface area contributed by atoms with Crippen LogP contribution in [-0.4, -0.2) is 70.5 Å². The third-order valence-electron chi connectivity index (χ3n) is 4.54. The van der Waals surface area contributed by atoms with E-state index in [1.165, 1.54) is 12.3 Å². The Balaban J connectivity index is 1.58. The molecule has 3 amide bonds. The lowest BCUT2D eigenvalue weighted by Crippen LogP contribution is -2.50. The molecule has 1 N–H and O–H groups in total. The van der Waals surface area contributed by atoms with Crippen LogP contribution >= 0.6 is 0 Å². The van der Waals surface area contributed by atoms with Crippen LogP contribution in [0.1, 0.15) is 33.3 Å². The SMILES string of the molecule is CCOC(=O)N1CCN(C(=O)c2cc(C(=O)NCc3ccncc3)ccn2)CC1. The summed E-state index contributed by atoms with van der Waals surface area (Å²) in [6.45, 7) is 4.01. The molecule has 0 saturated carbocycles. The Bertz CT molecular complexity index is 866. The lowest BCUT2D eigenvalue weighted by molar-refractivity contribution is 0.0566. The number of hydrogen-bond donors (Lipinski definition) is 1. The van der Waals surface area contributed by atoms with Gasteiger partial charge in [0.05, 0.1) is 6.61 Å². The van der Waals surface area contributed by atoms with Gasteiger partial charge in [0.15, 0.2) is 0 Å². The van der Waals surface area contributed by atoms with Crippen molar-refractivity contribution in [1.82, 2.24) is 25.1 Å². The van der Waals surface area contributed by atoms with E-state index in [1.807, 2.05) is 12.1 Å². The topological polar surface area (TPSA) is 105 Å². The highest BCUT2D eigenvalue weighted by Gasteiger charge is 2.26. The average molecular weight is 397 g/mol. The first-order valence-corrected chi connectivity index (χ1v) is 9.42. The molecule has 2 aromatic heterocycles. The Labute approximate surface area is 168 Å². The summed E-state index contributed by atoms with van der Waals surface area (Å²) in [5.41, 5.74) is 1.49. The normalized spacial score (nSPS) is 13.7. The van der Waals surface area contributed by atoms with Crippen LogP contribution in [0, 0.1) is 0 Å². The molecular weight excluding hydrogens is 374 g/mol. The zero-order chi connectivity index (χ0) is 20.6. The van der Waals surface area contributed by atoms with Crippen molar-refractivity contribution in [2.45, 2.75) is 13.5 Å². The molecule has 0 unspecified atom stereocenters. The molecule has 3 heterocycles. The second-order valence-corrected chi connectivity index (χ2v) is 6.45. The van der Waals surface area contributed by atoms with Crippen molar-refractivity contribution in [3.8, 4) is 0 Å². The number of amides is 3. The van der Waals surface area contributed by atoms with E-state index < -0.39 is 0 Å².